The second kappa shape index (κ2) is 6.08. The number of halogens is 1. The van der Waals surface area contributed by atoms with Gasteiger partial charge in [0.25, 0.3) is 0 Å². The Labute approximate surface area is 132 Å². The molecule has 0 aliphatic rings. The Morgan fingerprint density at radius 3 is 2.67 bits per heavy atom. The van der Waals surface area contributed by atoms with Crippen molar-refractivity contribution in [1.29, 1.82) is 0 Å². The van der Waals surface area contributed by atoms with Gasteiger partial charge in [-0.2, -0.15) is 0 Å². The number of furan rings is 2. The van der Waals surface area contributed by atoms with E-state index in [9.17, 15) is 0 Å². The maximum atomic E-state index is 6.01. The molecule has 3 nitrogen and oxygen atoms in total. The number of fused-ring (bicyclic) bond motifs is 1. The molecule has 0 amide bonds. The molecule has 0 aliphatic carbocycles. The maximum absolute atomic E-state index is 6.01. The largest absolute Gasteiger partial charge is 0.459 e. The third-order valence-corrected chi connectivity index (χ3v) is 3.88. The maximum Gasteiger partial charge on any atom is 0.169 e. The summed E-state index contributed by atoms with van der Waals surface area (Å²) in [5.41, 5.74) is 2.14. The third kappa shape index (κ3) is 3.06. The van der Waals surface area contributed by atoms with Crippen molar-refractivity contribution in [2.45, 2.75) is 26.3 Å². The van der Waals surface area contributed by atoms with Crippen LogP contribution in [0.5, 0.6) is 0 Å². The van der Waals surface area contributed by atoms with E-state index < -0.39 is 0 Å². The fraction of sp³-hybridized carbons (Fsp3) is 0.294. The lowest BCUT2D eigenvalue weighted by Crippen LogP contribution is -2.22. The van der Waals surface area contributed by atoms with Crippen LogP contribution in [-0.2, 0) is 0 Å². The summed E-state index contributed by atoms with van der Waals surface area (Å²) in [7, 11) is 0. The minimum Gasteiger partial charge on any atom is -0.459 e. The number of hydrogen-bond acceptors (Lipinski definition) is 3. The summed E-state index contributed by atoms with van der Waals surface area (Å²) >= 11 is 3.36. The Morgan fingerprint density at radius 1 is 1.10 bits per heavy atom. The van der Waals surface area contributed by atoms with Gasteiger partial charge in [0.2, 0.25) is 0 Å². The summed E-state index contributed by atoms with van der Waals surface area (Å²) in [5.74, 6) is 1.73. The van der Waals surface area contributed by atoms with Gasteiger partial charge in [-0.05, 0) is 66.2 Å². The second-order valence-electron chi connectivity index (χ2n) is 5.22. The van der Waals surface area contributed by atoms with E-state index in [0.29, 0.717) is 0 Å². The molecule has 2 heterocycles. The first-order valence-corrected chi connectivity index (χ1v) is 7.95. The fourth-order valence-corrected chi connectivity index (χ4v) is 2.76. The minimum absolute atomic E-state index is 0.0658. The van der Waals surface area contributed by atoms with E-state index in [4.69, 9.17) is 8.83 Å². The predicted octanol–water partition coefficient (Wildman–Crippen LogP) is 5.19. The summed E-state index contributed by atoms with van der Waals surface area (Å²) in [5, 5.41) is 4.61. The highest BCUT2D eigenvalue weighted by Gasteiger charge is 2.21. The molecule has 21 heavy (non-hydrogen) atoms. The Bertz CT molecular complexity index is 744. The molecule has 0 aliphatic heterocycles. The zero-order valence-electron chi connectivity index (χ0n) is 12.2. The molecule has 0 saturated heterocycles. The highest BCUT2D eigenvalue weighted by atomic mass is 79.9. The summed E-state index contributed by atoms with van der Waals surface area (Å²) in [4.78, 5) is 0. The summed E-state index contributed by atoms with van der Waals surface area (Å²) in [6, 6.07) is 12.1. The average Bonchev–Trinajstić information content (AvgIpc) is 3.05. The molecule has 1 unspecified atom stereocenters. The van der Waals surface area contributed by atoms with Crippen LogP contribution in [0, 0.1) is 6.92 Å². The minimum atomic E-state index is -0.0658. The predicted molar refractivity (Wildman–Crippen MR) is 87.5 cm³/mol. The van der Waals surface area contributed by atoms with Gasteiger partial charge in [0, 0.05) is 5.39 Å². The average molecular weight is 348 g/mol. The van der Waals surface area contributed by atoms with E-state index in [2.05, 4.69) is 53.3 Å². The van der Waals surface area contributed by atoms with Crippen LogP contribution in [-0.4, -0.2) is 6.54 Å². The van der Waals surface area contributed by atoms with Gasteiger partial charge < -0.3 is 14.2 Å². The van der Waals surface area contributed by atoms with Crippen LogP contribution in [0.15, 0.2) is 49.9 Å². The van der Waals surface area contributed by atoms with Crippen molar-refractivity contribution in [3.05, 3.63) is 58.2 Å². The fourth-order valence-electron chi connectivity index (χ4n) is 2.44. The van der Waals surface area contributed by atoms with E-state index in [1.165, 1.54) is 5.56 Å². The van der Waals surface area contributed by atoms with E-state index in [1.54, 1.807) is 0 Å². The summed E-state index contributed by atoms with van der Waals surface area (Å²) in [6.45, 7) is 5.13. The topological polar surface area (TPSA) is 38.3 Å². The number of aryl methyl sites for hydroxylation is 1. The van der Waals surface area contributed by atoms with Gasteiger partial charge in [-0.3, -0.25) is 0 Å². The van der Waals surface area contributed by atoms with Gasteiger partial charge in [0.1, 0.15) is 23.1 Å². The highest BCUT2D eigenvalue weighted by Crippen LogP contribution is 2.30. The molecular weight excluding hydrogens is 330 g/mol. The summed E-state index contributed by atoms with van der Waals surface area (Å²) in [6.07, 6.45) is 1.05. The van der Waals surface area contributed by atoms with Crippen molar-refractivity contribution in [1.82, 2.24) is 5.32 Å². The van der Waals surface area contributed by atoms with E-state index in [1.807, 2.05) is 18.2 Å². The van der Waals surface area contributed by atoms with Crippen LogP contribution in [0.3, 0.4) is 0 Å². The van der Waals surface area contributed by atoms with E-state index >= 15 is 0 Å². The number of hydrogen-bond donors (Lipinski definition) is 1. The quantitative estimate of drug-likeness (QED) is 0.690. The molecule has 1 N–H and O–H groups in total. The molecular formula is C17H18BrNO2. The zero-order chi connectivity index (χ0) is 14.8. The number of nitrogens with one attached hydrogen (secondary N) is 1. The monoisotopic (exact) mass is 347 g/mol. The van der Waals surface area contributed by atoms with Crippen LogP contribution in [0.4, 0.5) is 0 Å². The molecule has 0 radical (unpaired) electrons. The van der Waals surface area contributed by atoms with Crippen molar-refractivity contribution >= 4 is 26.9 Å². The van der Waals surface area contributed by atoms with Crippen LogP contribution in [0.25, 0.3) is 11.0 Å². The van der Waals surface area contributed by atoms with Crippen molar-refractivity contribution < 1.29 is 8.83 Å². The molecule has 0 saturated carbocycles. The Balaban J connectivity index is 2.00. The van der Waals surface area contributed by atoms with Gasteiger partial charge in [-0.1, -0.05) is 18.6 Å². The Hall–Kier alpha value is -1.52. The standard InChI is InChI=1S/C17H18BrNO2/c1-3-8-19-17(14-6-7-16(18)21-14)15-10-12-9-11(2)4-5-13(12)20-15/h4-7,9-10,17,19H,3,8H2,1-2H3. The van der Waals surface area contributed by atoms with Crippen molar-refractivity contribution in [2.24, 2.45) is 0 Å². The van der Waals surface area contributed by atoms with Crippen molar-refractivity contribution in [3.63, 3.8) is 0 Å². The second-order valence-corrected chi connectivity index (χ2v) is 6.00. The third-order valence-electron chi connectivity index (χ3n) is 3.45. The molecule has 0 bridgehead atoms. The molecule has 2 aromatic heterocycles. The molecule has 1 atom stereocenters. The highest BCUT2D eigenvalue weighted by molar-refractivity contribution is 9.10. The van der Waals surface area contributed by atoms with Crippen LogP contribution >= 0.6 is 15.9 Å². The summed E-state index contributed by atoms with van der Waals surface area (Å²) < 4.78 is 12.4. The number of benzene rings is 1. The first-order valence-electron chi connectivity index (χ1n) is 7.16. The van der Waals surface area contributed by atoms with Gasteiger partial charge in [0.15, 0.2) is 4.67 Å². The molecule has 110 valence electrons. The van der Waals surface area contributed by atoms with Gasteiger partial charge in [-0.25, -0.2) is 0 Å². The lowest BCUT2D eigenvalue weighted by atomic mass is 10.1. The smallest absolute Gasteiger partial charge is 0.169 e. The molecule has 0 spiro atoms. The Kier molecular flexibility index (Phi) is 4.17. The zero-order valence-corrected chi connectivity index (χ0v) is 13.7. The molecule has 1 aromatic carbocycles. The number of rotatable bonds is 5. The lowest BCUT2D eigenvalue weighted by Gasteiger charge is -2.13. The Morgan fingerprint density at radius 2 is 1.95 bits per heavy atom. The molecule has 3 aromatic rings. The van der Waals surface area contributed by atoms with Crippen molar-refractivity contribution in [3.8, 4) is 0 Å². The molecule has 3 rings (SSSR count). The van der Waals surface area contributed by atoms with Crippen LogP contribution < -0.4 is 5.32 Å². The van der Waals surface area contributed by atoms with Gasteiger partial charge in [0.05, 0.1) is 0 Å². The van der Waals surface area contributed by atoms with Crippen molar-refractivity contribution in [2.75, 3.05) is 6.54 Å². The normalized spacial score (nSPS) is 12.9. The van der Waals surface area contributed by atoms with Gasteiger partial charge in [-0.15, -0.1) is 0 Å². The first kappa shape index (κ1) is 14.4. The lowest BCUT2D eigenvalue weighted by molar-refractivity contribution is 0.391. The van der Waals surface area contributed by atoms with Crippen LogP contribution in [0.1, 0.15) is 36.5 Å². The molecule has 4 heteroatoms. The molecule has 0 fully saturated rings. The van der Waals surface area contributed by atoms with E-state index in [0.717, 1.165) is 40.1 Å². The first-order chi connectivity index (χ1) is 10.2. The van der Waals surface area contributed by atoms with E-state index in [-0.39, 0.29) is 6.04 Å². The SMILES string of the molecule is CCCNC(c1ccc(Br)o1)c1cc2cc(C)ccc2o1. The van der Waals surface area contributed by atoms with Crippen LogP contribution in [0.2, 0.25) is 0 Å². The van der Waals surface area contributed by atoms with Gasteiger partial charge >= 0.3 is 0 Å².